The summed E-state index contributed by atoms with van der Waals surface area (Å²) in [4.78, 5) is 18.6. The molecule has 19 heavy (non-hydrogen) atoms. The zero-order chi connectivity index (χ0) is 13.7. The molecule has 2 heterocycles. The van der Waals surface area contributed by atoms with Crippen molar-refractivity contribution in [3.63, 3.8) is 0 Å². The molecule has 1 aliphatic heterocycles. The highest BCUT2D eigenvalue weighted by Crippen LogP contribution is 2.32. The first kappa shape index (κ1) is 14.6. The SMILES string of the molecule is CSCCCN1C(=O)/C(=C\c2cccnc2)SC1=S. The van der Waals surface area contributed by atoms with E-state index in [4.69, 9.17) is 12.2 Å². The van der Waals surface area contributed by atoms with Gasteiger partial charge in [0, 0.05) is 18.9 Å². The Kier molecular flexibility index (Phi) is 5.42. The van der Waals surface area contributed by atoms with E-state index in [-0.39, 0.29) is 5.91 Å². The van der Waals surface area contributed by atoms with E-state index < -0.39 is 0 Å². The molecule has 1 saturated heterocycles. The van der Waals surface area contributed by atoms with Crippen molar-refractivity contribution < 1.29 is 4.79 Å². The number of rotatable bonds is 5. The lowest BCUT2D eigenvalue weighted by Gasteiger charge is -2.13. The molecule has 0 bridgehead atoms. The standard InChI is InChI=1S/C13H14N2OS3/c1-18-7-3-6-15-12(16)11(19-13(15)17)8-10-4-2-5-14-9-10/h2,4-5,8-9H,3,6-7H2,1H3/b11-8+. The van der Waals surface area contributed by atoms with Crippen molar-refractivity contribution in [1.29, 1.82) is 0 Å². The summed E-state index contributed by atoms with van der Waals surface area (Å²) in [7, 11) is 0. The lowest BCUT2D eigenvalue weighted by molar-refractivity contribution is -0.122. The predicted molar refractivity (Wildman–Crippen MR) is 87.1 cm³/mol. The van der Waals surface area contributed by atoms with Gasteiger partial charge in [-0.15, -0.1) is 0 Å². The molecule has 1 aromatic heterocycles. The number of amides is 1. The van der Waals surface area contributed by atoms with Gasteiger partial charge in [0.1, 0.15) is 4.32 Å². The van der Waals surface area contributed by atoms with Gasteiger partial charge in [-0.2, -0.15) is 11.8 Å². The van der Waals surface area contributed by atoms with E-state index >= 15 is 0 Å². The van der Waals surface area contributed by atoms with Crippen molar-refractivity contribution in [3.05, 3.63) is 35.0 Å². The Morgan fingerprint density at radius 3 is 3.11 bits per heavy atom. The van der Waals surface area contributed by atoms with Gasteiger partial charge in [-0.1, -0.05) is 30.0 Å². The second-order valence-corrected chi connectivity index (χ2v) is 6.63. The van der Waals surface area contributed by atoms with Gasteiger partial charge < -0.3 is 0 Å². The first-order valence-electron chi connectivity index (χ1n) is 5.86. The Balaban J connectivity index is 2.07. The highest BCUT2D eigenvalue weighted by molar-refractivity contribution is 8.26. The van der Waals surface area contributed by atoms with E-state index in [1.165, 1.54) is 11.8 Å². The van der Waals surface area contributed by atoms with Gasteiger partial charge in [0.25, 0.3) is 5.91 Å². The molecule has 1 aliphatic rings. The van der Waals surface area contributed by atoms with Gasteiger partial charge >= 0.3 is 0 Å². The Labute approximate surface area is 126 Å². The first-order chi connectivity index (χ1) is 9.22. The number of nitrogens with zero attached hydrogens (tertiary/aromatic N) is 2. The van der Waals surface area contributed by atoms with Crippen molar-refractivity contribution in [1.82, 2.24) is 9.88 Å². The van der Waals surface area contributed by atoms with Crippen LogP contribution in [0.4, 0.5) is 0 Å². The number of pyridine rings is 1. The summed E-state index contributed by atoms with van der Waals surface area (Å²) in [6.07, 6.45) is 8.33. The maximum absolute atomic E-state index is 12.2. The summed E-state index contributed by atoms with van der Waals surface area (Å²) in [5.74, 6) is 1.05. The van der Waals surface area contributed by atoms with Gasteiger partial charge in [0.05, 0.1) is 4.91 Å². The smallest absolute Gasteiger partial charge is 0.266 e. The molecule has 0 atom stereocenters. The van der Waals surface area contributed by atoms with Crippen LogP contribution in [0.25, 0.3) is 6.08 Å². The summed E-state index contributed by atoms with van der Waals surface area (Å²) in [5.41, 5.74) is 0.923. The molecule has 0 saturated carbocycles. The van der Waals surface area contributed by atoms with E-state index in [0.29, 0.717) is 15.8 Å². The van der Waals surface area contributed by atoms with Crippen molar-refractivity contribution in [2.24, 2.45) is 0 Å². The Bertz CT molecular complexity index is 502. The first-order valence-corrected chi connectivity index (χ1v) is 8.48. The summed E-state index contributed by atoms with van der Waals surface area (Å²) < 4.78 is 0.654. The van der Waals surface area contributed by atoms with E-state index in [1.54, 1.807) is 29.1 Å². The Morgan fingerprint density at radius 2 is 2.42 bits per heavy atom. The van der Waals surface area contributed by atoms with Crippen molar-refractivity contribution in [2.45, 2.75) is 6.42 Å². The maximum Gasteiger partial charge on any atom is 0.266 e. The number of carbonyl (C=O) groups excluding carboxylic acids is 1. The second kappa shape index (κ2) is 7.07. The van der Waals surface area contributed by atoms with Gasteiger partial charge in [-0.25, -0.2) is 0 Å². The minimum absolute atomic E-state index is 0.0138. The van der Waals surface area contributed by atoms with Crippen LogP contribution in [0, 0.1) is 0 Å². The van der Waals surface area contributed by atoms with Crippen molar-refractivity contribution in [2.75, 3.05) is 18.6 Å². The van der Waals surface area contributed by atoms with Crippen LogP contribution in [-0.2, 0) is 4.79 Å². The van der Waals surface area contributed by atoms with Crippen LogP contribution in [0.15, 0.2) is 29.4 Å². The van der Waals surface area contributed by atoms with Crippen molar-refractivity contribution >= 4 is 52.0 Å². The Morgan fingerprint density at radius 1 is 1.58 bits per heavy atom. The quantitative estimate of drug-likeness (QED) is 0.474. The van der Waals surface area contributed by atoms with E-state index in [1.807, 2.05) is 18.2 Å². The largest absolute Gasteiger partial charge is 0.293 e. The molecular formula is C13H14N2OS3. The lowest BCUT2D eigenvalue weighted by Crippen LogP contribution is -2.29. The normalized spacial score (nSPS) is 17.5. The fraction of sp³-hybridized carbons (Fsp3) is 0.308. The van der Waals surface area contributed by atoms with Crippen LogP contribution in [0.1, 0.15) is 12.0 Å². The fourth-order valence-electron chi connectivity index (χ4n) is 1.67. The second-order valence-electron chi connectivity index (χ2n) is 3.97. The molecule has 0 unspecified atom stereocenters. The molecule has 0 N–H and O–H groups in total. The number of thiocarbonyl (C=S) groups is 1. The maximum atomic E-state index is 12.2. The van der Waals surface area contributed by atoms with Gasteiger partial charge in [-0.3, -0.25) is 14.7 Å². The number of hydrogen-bond acceptors (Lipinski definition) is 5. The monoisotopic (exact) mass is 310 g/mol. The number of hydrogen-bond donors (Lipinski definition) is 0. The number of carbonyl (C=O) groups is 1. The average molecular weight is 310 g/mol. The molecule has 0 aromatic carbocycles. The molecular weight excluding hydrogens is 296 g/mol. The molecule has 2 rings (SSSR count). The van der Waals surface area contributed by atoms with Crippen LogP contribution >= 0.6 is 35.7 Å². The fourth-order valence-corrected chi connectivity index (χ4v) is 3.40. The molecule has 0 spiro atoms. The zero-order valence-corrected chi connectivity index (χ0v) is 13.0. The summed E-state index contributed by atoms with van der Waals surface area (Å²) >= 11 is 8.41. The molecule has 100 valence electrons. The molecule has 3 nitrogen and oxygen atoms in total. The number of thioether (sulfide) groups is 2. The molecule has 1 amide bonds. The van der Waals surface area contributed by atoms with Gasteiger partial charge in [0.2, 0.25) is 0 Å². The molecule has 0 aliphatic carbocycles. The summed E-state index contributed by atoms with van der Waals surface area (Å²) in [5, 5.41) is 0. The molecule has 1 fully saturated rings. The zero-order valence-electron chi connectivity index (χ0n) is 10.5. The highest BCUT2D eigenvalue weighted by atomic mass is 32.2. The van der Waals surface area contributed by atoms with Crippen molar-refractivity contribution in [3.8, 4) is 0 Å². The van der Waals surface area contributed by atoms with E-state index in [2.05, 4.69) is 11.2 Å². The lowest BCUT2D eigenvalue weighted by atomic mass is 10.2. The third-order valence-electron chi connectivity index (χ3n) is 2.59. The Hall–Kier alpha value is -0.850. The summed E-state index contributed by atoms with van der Waals surface area (Å²) in [6, 6.07) is 3.78. The molecule has 0 radical (unpaired) electrons. The van der Waals surface area contributed by atoms with Crippen LogP contribution in [0.5, 0.6) is 0 Å². The third kappa shape index (κ3) is 3.81. The minimum atomic E-state index is 0.0138. The van der Waals surface area contributed by atoms with Crippen LogP contribution in [-0.4, -0.2) is 38.7 Å². The molecule has 1 aromatic rings. The van der Waals surface area contributed by atoms with Crippen LogP contribution in [0.2, 0.25) is 0 Å². The van der Waals surface area contributed by atoms with Crippen LogP contribution < -0.4 is 0 Å². The number of aromatic nitrogens is 1. The minimum Gasteiger partial charge on any atom is -0.293 e. The van der Waals surface area contributed by atoms with Crippen LogP contribution in [0.3, 0.4) is 0 Å². The predicted octanol–water partition coefficient (Wildman–Crippen LogP) is 3.04. The van der Waals surface area contributed by atoms with E-state index in [0.717, 1.165) is 17.7 Å². The highest BCUT2D eigenvalue weighted by Gasteiger charge is 2.31. The molecule has 6 heteroatoms. The topological polar surface area (TPSA) is 33.2 Å². The average Bonchev–Trinajstić information content (AvgIpc) is 2.68. The van der Waals surface area contributed by atoms with E-state index in [9.17, 15) is 4.79 Å². The summed E-state index contributed by atoms with van der Waals surface area (Å²) in [6.45, 7) is 0.704. The van der Waals surface area contributed by atoms with Gasteiger partial charge in [-0.05, 0) is 36.1 Å². The van der Waals surface area contributed by atoms with Gasteiger partial charge in [0.15, 0.2) is 0 Å². The third-order valence-corrected chi connectivity index (χ3v) is 4.66.